The number of primary amides is 1. The summed E-state index contributed by atoms with van der Waals surface area (Å²) in [6.07, 6.45) is 0. The molecular weight excluding hydrogens is 306 g/mol. The zero-order chi connectivity index (χ0) is 12.4. The quantitative estimate of drug-likeness (QED) is 0.829. The standard InChI is InChI=1S/C10H12BrN3O2S/c11-8-3-6(5-17-8)10(16)14-2-1-13-4-7(14)9(12)15/h3,5,7,13H,1-2,4H2,(H2,12,15). The predicted octanol–water partition coefficient (Wildman–Crippen LogP) is 0.410. The van der Waals surface area contributed by atoms with E-state index in [2.05, 4.69) is 21.2 Å². The number of carbonyl (C=O) groups is 2. The summed E-state index contributed by atoms with van der Waals surface area (Å²) < 4.78 is 0.895. The Hall–Kier alpha value is -0.920. The zero-order valence-corrected chi connectivity index (χ0v) is 11.4. The molecule has 1 aliphatic rings. The lowest BCUT2D eigenvalue weighted by molar-refractivity contribution is -0.122. The summed E-state index contributed by atoms with van der Waals surface area (Å²) in [5, 5.41) is 4.83. The monoisotopic (exact) mass is 317 g/mol. The second kappa shape index (κ2) is 5.16. The highest BCUT2D eigenvalue weighted by molar-refractivity contribution is 9.11. The first kappa shape index (κ1) is 12.5. The molecule has 1 fully saturated rings. The molecule has 17 heavy (non-hydrogen) atoms. The average Bonchev–Trinajstić information content (AvgIpc) is 2.75. The maximum atomic E-state index is 12.2. The summed E-state index contributed by atoms with van der Waals surface area (Å²) in [7, 11) is 0. The van der Waals surface area contributed by atoms with Gasteiger partial charge in [0.2, 0.25) is 5.91 Å². The van der Waals surface area contributed by atoms with Gasteiger partial charge in [-0.1, -0.05) is 0 Å². The Bertz CT molecular complexity index is 449. The summed E-state index contributed by atoms with van der Waals surface area (Å²) in [6, 6.07) is 1.20. The van der Waals surface area contributed by atoms with Gasteiger partial charge in [0.15, 0.2) is 0 Å². The van der Waals surface area contributed by atoms with Gasteiger partial charge in [0.05, 0.1) is 9.35 Å². The molecule has 0 radical (unpaired) electrons. The van der Waals surface area contributed by atoms with Crippen molar-refractivity contribution in [3.8, 4) is 0 Å². The van der Waals surface area contributed by atoms with Gasteiger partial charge in [-0.2, -0.15) is 0 Å². The molecule has 1 atom stereocenters. The molecule has 0 bridgehead atoms. The first-order valence-corrected chi connectivity index (χ1v) is 6.82. The topological polar surface area (TPSA) is 75.4 Å². The van der Waals surface area contributed by atoms with Crippen LogP contribution in [-0.2, 0) is 4.79 Å². The van der Waals surface area contributed by atoms with Crippen LogP contribution < -0.4 is 11.1 Å². The molecule has 92 valence electrons. The Morgan fingerprint density at radius 1 is 1.59 bits per heavy atom. The average molecular weight is 318 g/mol. The van der Waals surface area contributed by atoms with E-state index in [9.17, 15) is 9.59 Å². The van der Waals surface area contributed by atoms with Gasteiger partial charge in [0, 0.05) is 25.0 Å². The SMILES string of the molecule is NC(=O)C1CNCCN1C(=O)c1csc(Br)c1. The normalized spacial score (nSPS) is 20.3. The number of hydrogen-bond acceptors (Lipinski definition) is 4. The Balaban J connectivity index is 2.19. The minimum absolute atomic E-state index is 0.141. The van der Waals surface area contributed by atoms with Crippen molar-refractivity contribution in [2.75, 3.05) is 19.6 Å². The van der Waals surface area contributed by atoms with Crippen LogP contribution in [0, 0.1) is 0 Å². The molecule has 2 rings (SSSR count). The molecule has 7 heteroatoms. The molecule has 2 amide bonds. The van der Waals surface area contributed by atoms with Crippen molar-refractivity contribution in [2.24, 2.45) is 5.73 Å². The van der Waals surface area contributed by atoms with Crippen LogP contribution in [0.2, 0.25) is 0 Å². The van der Waals surface area contributed by atoms with Crippen molar-refractivity contribution in [1.82, 2.24) is 10.2 Å². The largest absolute Gasteiger partial charge is 0.368 e. The molecule has 1 saturated heterocycles. The number of hydrogen-bond donors (Lipinski definition) is 2. The lowest BCUT2D eigenvalue weighted by atomic mass is 10.1. The molecule has 1 aromatic heterocycles. The van der Waals surface area contributed by atoms with E-state index in [0.29, 0.717) is 25.2 Å². The fraction of sp³-hybridized carbons (Fsp3) is 0.400. The van der Waals surface area contributed by atoms with Crippen LogP contribution in [-0.4, -0.2) is 42.4 Å². The summed E-state index contributed by atoms with van der Waals surface area (Å²) in [4.78, 5) is 25.0. The number of amides is 2. The third kappa shape index (κ3) is 2.67. The Morgan fingerprint density at radius 3 is 2.94 bits per heavy atom. The van der Waals surface area contributed by atoms with Crippen molar-refractivity contribution in [2.45, 2.75) is 6.04 Å². The first-order chi connectivity index (χ1) is 8.09. The van der Waals surface area contributed by atoms with Gasteiger partial charge < -0.3 is 16.0 Å². The third-order valence-corrected chi connectivity index (χ3v) is 4.15. The van der Waals surface area contributed by atoms with Gasteiger partial charge in [-0.15, -0.1) is 11.3 Å². The molecule has 0 spiro atoms. The van der Waals surface area contributed by atoms with E-state index in [0.717, 1.165) is 3.79 Å². The second-order valence-corrected chi connectivity index (χ2v) is 6.05. The number of piperazine rings is 1. The van der Waals surface area contributed by atoms with Crippen molar-refractivity contribution in [3.05, 3.63) is 20.8 Å². The number of rotatable bonds is 2. The van der Waals surface area contributed by atoms with E-state index in [1.807, 2.05) is 0 Å². The van der Waals surface area contributed by atoms with Gasteiger partial charge in [0.25, 0.3) is 5.91 Å². The molecule has 0 aromatic carbocycles. The summed E-state index contributed by atoms with van der Waals surface area (Å²) >= 11 is 4.76. The Labute approximate surface area is 111 Å². The zero-order valence-electron chi connectivity index (χ0n) is 8.98. The molecule has 0 saturated carbocycles. The maximum Gasteiger partial charge on any atom is 0.255 e. The van der Waals surface area contributed by atoms with Gasteiger partial charge in [-0.05, 0) is 22.0 Å². The highest BCUT2D eigenvalue weighted by Crippen LogP contribution is 2.22. The van der Waals surface area contributed by atoms with E-state index in [1.54, 1.807) is 11.4 Å². The molecule has 5 nitrogen and oxygen atoms in total. The molecule has 1 aromatic rings. The van der Waals surface area contributed by atoms with Crippen molar-refractivity contribution in [3.63, 3.8) is 0 Å². The first-order valence-electron chi connectivity index (χ1n) is 5.14. The lowest BCUT2D eigenvalue weighted by Crippen LogP contribution is -2.58. The molecule has 2 heterocycles. The van der Waals surface area contributed by atoms with Gasteiger partial charge in [0.1, 0.15) is 6.04 Å². The van der Waals surface area contributed by atoms with Crippen LogP contribution in [0.1, 0.15) is 10.4 Å². The summed E-state index contributed by atoms with van der Waals surface area (Å²) in [5.41, 5.74) is 5.89. The Morgan fingerprint density at radius 2 is 2.35 bits per heavy atom. The van der Waals surface area contributed by atoms with E-state index in [4.69, 9.17) is 5.73 Å². The fourth-order valence-corrected chi connectivity index (χ4v) is 2.92. The van der Waals surface area contributed by atoms with Crippen LogP contribution in [0.15, 0.2) is 15.2 Å². The molecule has 0 aliphatic carbocycles. The highest BCUT2D eigenvalue weighted by atomic mass is 79.9. The van der Waals surface area contributed by atoms with Crippen LogP contribution in [0.4, 0.5) is 0 Å². The van der Waals surface area contributed by atoms with Crippen molar-refractivity contribution in [1.29, 1.82) is 0 Å². The van der Waals surface area contributed by atoms with Crippen LogP contribution in [0.3, 0.4) is 0 Å². The molecule has 1 aliphatic heterocycles. The highest BCUT2D eigenvalue weighted by Gasteiger charge is 2.31. The van der Waals surface area contributed by atoms with Crippen LogP contribution in [0.5, 0.6) is 0 Å². The number of nitrogens with zero attached hydrogens (tertiary/aromatic N) is 1. The van der Waals surface area contributed by atoms with E-state index in [-0.39, 0.29) is 5.91 Å². The second-order valence-electron chi connectivity index (χ2n) is 3.76. The van der Waals surface area contributed by atoms with E-state index in [1.165, 1.54) is 16.2 Å². The summed E-state index contributed by atoms with van der Waals surface area (Å²) in [5.74, 6) is -0.614. The van der Waals surface area contributed by atoms with Crippen LogP contribution in [0.25, 0.3) is 0 Å². The minimum Gasteiger partial charge on any atom is -0.368 e. The number of carbonyl (C=O) groups excluding carboxylic acids is 2. The fourth-order valence-electron chi connectivity index (χ4n) is 1.79. The number of nitrogens with two attached hydrogens (primary N) is 1. The smallest absolute Gasteiger partial charge is 0.255 e. The van der Waals surface area contributed by atoms with Crippen molar-refractivity contribution >= 4 is 39.1 Å². The molecule has 1 unspecified atom stereocenters. The number of thiophene rings is 1. The van der Waals surface area contributed by atoms with Gasteiger partial charge >= 0.3 is 0 Å². The summed E-state index contributed by atoms with van der Waals surface area (Å²) in [6.45, 7) is 1.60. The van der Waals surface area contributed by atoms with E-state index >= 15 is 0 Å². The van der Waals surface area contributed by atoms with E-state index < -0.39 is 11.9 Å². The van der Waals surface area contributed by atoms with Crippen molar-refractivity contribution < 1.29 is 9.59 Å². The number of nitrogens with one attached hydrogen (secondary N) is 1. The molecular formula is C10H12BrN3O2S. The van der Waals surface area contributed by atoms with Gasteiger partial charge in [-0.25, -0.2) is 0 Å². The van der Waals surface area contributed by atoms with Crippen LogP contribution >= 0.6 is 27.3 Å². The lowest BCUT2D eigenvalue weighted by Gasteiger charge is -2.33. The third-order valence-electron chi connectivity index (χ3n) is 2.65. The number of halogens is 1. The Kier molecular flexibility index (Phi) is 3.80. The van der Waals surface area contributed by atoms with Gasteiger partial charge in [-0.3, -0.25) is 9.59 Å². The maximum absolute atomic E-state index is 12.2. The predicted molar refractivity (Wildman–Crippen MR) is 68.9 cm³/mol. The molecule has 3 N–H and O–H groups in total. The minimum atomic E-state index is -0.560.